The SMILES string of the molecule is COc1ccc(CC(=O)NN=Cc2ccc(OC)c(OC)c2OC)cc1. The van der Waals surface area contributed by atoms with E-state index in [0.29, 0.717) is 22.8 Å². The van der Waals surface area contributed by atoms with Crippen LogP contribution in [0.2, 0.25) is 0 Å². The Bertz CT molecular complexity index is 772. The van der Waals surface area contributed by atoms with Crippen LogP contribution in [0.1, 0.15) is 11.1 Å². The maximum atomic E-state index is 12.0. The summed E-state index contributed by atoms with van der Waals surface area (Å²) in [5.41, 5.74) is 4.01. The smallest absolute Gasteiger partial charge is 0.244 e. The summed E-state index contributed by atoms with van der Waals surface area (Å²) in [6.45, 7) is 0. The van der Waals surface area contributed by atoms with Crippen LogP contribution < -0.4 is 24.4 Å². The van der Waals surface area contributed by atoms with E-state index < -0.39 is 0 Å². The molecule has 0 saturated carbocycles. The number of rotatable bonds is 8. The van der Waals surface area contributed by atoms with E-state index in [4.69, 9.17) is 18.9 Å². The van der Waals surface area contributed by atoms with Gasteiger partial charge in [0.1, 0.15) is 5.75 Å². The first-order valence-electron chi connectivity index (χ1n) is 7.86. The van der Waals surface area contributed by atoms with Gasteiger partial charge in [-0.2, -0.15) is 5.10 Å². The maximum Gasteiger partial charge on any atom is 0.244 e. The lowest BCUT2D eigenvalue weighted by molar-refractivity contribution is -0.120. The molecule has 1 N–H and O–H groups in total. The van der Waals surface area contributed by atoms with E-state index in [1.165, 1.54) is 20.4 Å². The van der Waals surface area contributed by atoms with E-state index in [9.17, 15) is 4.79 Å². The molecule has 26 heavy (non-hydrogen) atoms. The van der Waals surface area contributed by atoms with Crippen LogP contribution in [0.15, 0.2) is 41.5 Å². The Kier molecular flexibility index (Phi) is 6.84. The van der Waals surface area contributed by atoms with E-state index in [1.54, 1.807) is 38.5 Å². The van der Waals surface area contributed by atoms with Crippen LogP contribution in [0.25, 0.3) is 0 Å². The number of amides is 1. The van der Waals surface area contributed by atoms with Crippen molar-refractivity contribution in [1.29, 1.82) is 0 Å². The van der Waals surface area contributed by atoms with Crippen LogP contribution in [-0.2, 0) is 11.2 Å². The third kappa shape index (κ3) is 4.66. The third-order valence-corrected chi connectivity index (χ3v) is 3.65. The van der Waals surface area contributed by atoms with E-state index in [-0.39, 0.29) is 12.3 Å². The molecule has 0 atom stereocenters. The summed E-state index contributed by atoms with van der Waals surface area (Å²) < 4.78 is 21.0. The normalized spacial score (nSPS) is 10.5. The molecule has 7 heteroatoms. The highest BCUT2D eigenvalue weighted by Crippen LogP contribution is 2.38. The molecule has 138 valence electrons. The molecule has 2 rings (SSSR count). The molecule has 0 aromatic heterocycles. The Labute approximate surface area is 152 Å². The van der Waals surface area contributed by atoms with Gasteiger partial charge in [-0.25, -0.2) is 5.43 Å². The molecule has 0 unspecified atom stereocenters. The number of hydrogen-bond acceptors (Lipinski definition) is 6. The van der Waals surface area contributed by atoms with Crippen molar-refractivity contribution in [2.45, 2.75) is 6.42 Å². The second kappa shape index (κ2) is 9.31. The number of carbonyl (C=O) groups is 1. The standard InChI is InChI=1S/C19H22N2O5/c1-23-15-8-5-13(6-9-15)11-17(22)21-20-12-14-7-10-16(24-2)19(26-4)18(14)25-3/h5-10,12H,11H2,1-4H3,(H,21,22). The monoisotopic (exact) mass is 358 g/mol. The Balaban J connectivity index is 2.04. The van der Waals surface area contributed by atoms with Gasteiger partial charge in [0.15, 0.2) is 11.5 Å². The first kappa shape index (κ1) is 19.1. The van der Waals surface area contributed by atoms with Crippen molar-refractivity contribution in [3.63, 3.8) is 0 Å². The molecule has 0 spiro atoms. The van der Waals surface area contributed by atoms with Gasteiger partial charge in [-0.05, 0) is 29.8 Å². The van der Waals surface area contributed by atoms with Gasteiger partial charge in [-0.1, -0.05) is 12.1 Å². The summed E-state index contributed by atoms with van der Waals surface area (Å²) in [5, 5.41) is 3.99. The molecule has 0 saturated heterocycles. The summed E-state index contributed by atoms with van der Waals surface area (Å²) in [5.74, 6) is 1.99. The number of carbonyl (C=O) groups excluding carboxylic acids is 1. The zero-order chi connectivity index (χ0) is 18.9. The van der Waals surface area contributed by atoms with Gasteiger partial charge in [0.2, 0.25) is 11.7 Å². The van der Waals surface area contributed by atoms with Crippen LogP contribution in [-0.4, -0.2) is 40.6 Å². The fourth-order valence-corrected chi connectivity index (χ4v) is 2.37. The average Bonchev–Trinajstić information content (AvgIpc) is 2.67. The molecule has 0 heterocycles. The van der Waals surface area contributed by atoms with Crippen molar-refractivity contribution >= 4 is 12.1 Å². The molecule has 7 nitrogen and oxygen atoms in total. The van der Waals surface area contributed by atoms with E-state index in [2.05, 4.69) is 10.5 Å². The average molecular weight is 358 g/mol. The van der Waals surface area contributed by atoms with Crippen LogP contribution >= 0.6 is 0 Å². The lowest BCUT2D eigenvalue weighted by Gasteiger charge is -2.13. The molecule has 2 aromatic carbocycles. The molecule has 0 radical (unpaired) electrons. The topological polar surface area (TPSA) is 78.4 Å². The van der Waals surface area contributed by atoms with Gasteiger partial charge in [-0.15, -0.1) is 0 Å². The highest BCUT2D eigenvalue weighted by molar-refractivity contribution is 5.87. The molecule has 2 aromatic rings. The van der Waals surface area contributed by atoms with Crippen molar-refractivity contribution in [1.82, 2.24) is 5.43 Å². The molecule has 0 bridgehead atoms. The summed E-state index contributed by atoms with van der Waals surface area (Å²) in [4.78, 5) is 12.0. The zero-order valence-electron chi connectivity index (χ0n) is 15.2. The first-order chi connectivity index (χ1) is 12.6. The van der Waals surface area contributed by atoms with E-state index >= 15 is 0 Å². The summed E-state index contributed by atoms with van der Waals surface area (Å²) in [7, 11) is 6.19. The quantitative estimate of drug-likeness (QED) is 0.579. The number of nitrogens with one attached hydrogen (secondary N) is 1. The maximum absolute atomic E-state index is 12.0. The fraction of sp³-hybridized carbons (Fsp3) is 0.263. The number of ether oxygens (including phenoxy) is 4. The van der Waals surface area contributed by atoms with Crippen LogP contribution in [0, 0.1) is 0 Å². The number of methoxy groups -OCH3 is 4. The molecule has 0 aliphatic carbocycles. The summed E-state index contributed by atoms with van der Waals surface area (Å²) in [6, 6.07) is 10.8. The Morgan fingerprint density at radius 2 is 1.62 bits per heavy atom. The lowest BCUT2D eigenvalue weighted by Crippen LogP contribution is -2.19. The Morgan fingerprint density at radius 3 is 2.19 bits per heavy atom. The van der Waals surface area contributed by atoms with Gasteiger partial charge >= 0.3 is 0 Å². The second-order valence-corrected chi connectivity index (χ2v) is 5.24. The fourth-order valence-electron chi connectivity index (χ4n) is 2.37. The molecule has 0 aliphatic heterocycles. The molecule has 1 amide bonds. The predicted molar refractivity (Wildman–Crippen MR) is 98.5 cm³/mol. The van der Waals surface area contributed by atoms with Crippen molar-refractivity contribution in [3.05, 3.63) is 47.5 Å². The van der Waals surface area contributed by atoms with Crippen molar-refractivity contribution in [2.24, 2.45) is 5.10 Å². The number of benzene rings is 2. The van der Waals surface area contributed by atoms with Crippen molar-refractivity contribution in [2.75, 3.05) is 28.4 Å². The Hall–Kier alpha value is -3.22. The summed E-state index contributed by atoms with van der Waals surface area (Å²) >= 11 is 0. The predicted octanol–water partition coefficient (Wildman–Crippen LogP) is 2.41. The second-order valence-electron chi connectivity index (χ2n) is 5.24. The van der Waals surface area contributed by atoms with Crippen LogP contribution in [0.4, 0.5) is 0 Å². The van der Waals surface area contributed by atoms with Gasteiger partial charge < -0.3 is 18.9 Å². The number of hydrazone groups is 1. The van der Waals surface area contributed by atoms with Crippen molar-refractivity contribution in [3.8, 4) is 23.0 Å². The number of nitrogens with zero attached hydrogens (tertiary/aromatic N) is 1. The Morgan fingerprint density at radius 1 is 0.923 bits per heavy atom. The van der Waals surface area contributed by atoms with Gasteiger partial charge in [0.05, 0.1) is 41.1 Å². The van der Waals surface area contributed by atoms with E-state index in [0.717, 1.165) is 11.3 Å². The minimum absolute atomic E-state index is 0.213. The minimum Gasteiger partial charge on any atom is -0.497 e. The van der Waals surface area contributed by atoms with Crippen LogP contribution in [0.5, 0.6) is 23.0 Å². The molecule has 0 aliphatic rings. The number of hydrogen-bond donors (Lipinski definition) is 1. The lowest BCUT2D eigenvalue weighted by atomic mass is 10.1. The third-order valence-electron chi connectivity index (χ3n) is 3.65. The van der Waals surface area contributed by atoms with Gasteiger partial charge in [0.25, 0.3) is 0 Å². The molecular formula is C19H22N2O5. The van der Waals surface area contributed by atoms with Crippen molar-refractivity contribution < 1.29 is 23.7 Å². The largest absolute Gasteiger partial charge is 0.497 e. The minimum atomic E-state index is -0.231. The van der Waals surface area contributed by atoms with E-state index in [1.807, 2.05) is 12.1 Å². The first-order valence-corrected chi connectivity index (χ1v) is 7.86. The van der Waals surface area contributed by atoms with Crippen LogP contribution in [0.3, 0.4) is 0 Å². The zero-order valence-corrected chi connectivity index (χ0v) is 15.2. The molecular weight excluding hydrogens is 336 g/mol. The van der Waals surface area contributed by atoms with Gasteiger partial charge in [0, 0.05) is 5.56 Å². The highest BCUT2D eigenvalue weighted by Gasteiger charge is 2.14. The molecule has 0 fully saturated rings. The summed E-state index contributed by atoms with van der Waals surface area (Å²) in [6.07, 6.45) is 1.71. The highest BCUT2D eigenvalue weighted by atomic mass is 16.5. The van der Waals surface area contributed by atoms with Gasteiger partial charge in [-0.3, -0.25) is 4.79 Å².